The molecule has 5 nitrogen and oxygen atoms in total. The summed E-state index contributed by atoms with van der Waals surface area (Å²) in [6, 6.07) is 3.58. The van der Waals surface area contributed by atoms with Gasteiger partial charge in [-0.3, -0.25) is 9.78 Å². The highest BCUT2D eigenvalue weighted by Gasteiger charge is 2.04. The highest BCUT2D eigenvalue weighted by Crippen LogP contribution is 2.05. The van der Waals surface area contributed by atoms with E-state index in [0.717, 1.165) is 5.56 Å². The van der Waals surface area contributed by atoms with Crippen LogP contribution in [-0.2, 0) is 9.53 Å². The summed E-state index contributed by atoms with van der Waals surface area (Å²) >= 11 is 0. The molecular formula is C11H14N2O3. The minimum absolute atomic E-state index is 0.302. The zero-order valence-electron chi connectivity index (χ0n) is 9.09. The molecule has 0 bridgehead atoms. The molecular weight excluding hydrogens is 208 g/mol. The second kappa shape index (κ2) is 6.55. The maximum absolute atomic E-state index is 10.5. The number of esters is 1. The maximum Gasteiger partial charge on any atom is 0.302 e. The lowest BCUT2D eigenvalue weighted by atomic mass is 10.1. The van der Waals surface area contributed by atoms with Crippen LogP contribution in [0.4, 0.5) is 0 Å². The van der Waals surface area contributed by atoms with Gasteiger partial charge in [-0.15, -0.1) is 0 Å². The Labute approximate surface area is 93.8 Å². The van der Waals surface area contributed by atoms with Crippen molar-refractivity contribution in [2.75, 3.05) is 6.61 Å². The number of pyridine rings is 1. The fourth-order valence-corrected chi connectivity index (χ4v) is 1.24. The van der Waals surface area contributed by atoms with E-state index in [2.05, 4.69) is 10.1 Å². The van der Waals surface area contributed by atoms with Crippen LogP contribution in [0.3, 0.4) is 0 Å². The first-order valence-electron chi connectivity index (χ1n) is 4.98. The lowest BCUT2D eigenvalue weighted by molar-refractivity contribution is -0.140. The standard InChI is InChI=1S/C11H14N2O3/c1-9(14)16-7-3-5-11(13-15)10-4-2-6-12-8-10/h2,4,6,8,15H,3,5,7H2,1H3. The third kappa shape index (κ3) is 4.08. The first kappa shape index (κ1) is 12.2. The molecule has 0 spiro atoms. The Kier molecular flexibility index (Phi) is 4.98. The number of hydrogen-bond donors (Lipinski definition) is 1. The summed E-state index contributed by atoms with van der Waals surface area (Å²) < 4.78 is 4.78. The van der Waals surface area contributed by atoms with Gasteiger partial charge in [0.1, 0.15) is 0 Å². The SMILES string of the molecule is CC(=O)OCCCC(=NO)c1cccnc1. The molecule has 86 valence electrons. The number of carbonyl (C=O) groups is 1. The lowest BCUT2D eigenvalue weighted by Crippen LogP contribution is -2.06. The van der Waals surface area contributed by atoms with E-state index >= 15 is 0 Å². The molecule has 0 atom stereocenters. The van der Waals surface area contributed by atoms with Crippen molar-refractivity contribution in [3.8, 4) is 0 Å². The van der Waals surface area contributed by atoms with E-state index in [1.54, 1.807) is 18.5 Å². The molecule has 0 aliphatic carbocycles. The largest absolute Gasteiger partial charge is 0.466 e. The topological polar surface area (TPSA) is 71.8 Å². The summed E-state index contributed by atoms with van der Waals surface area (Å²) in [7, 11) is 0. The molecule has 0 saturated heterocycles. The first-order valence-corrected chi connectivity index (χ1v) is 4.98. The second-order valence-corrected chi connectivity index (χ2v) is 3.23. The van der Waals surface area contributed by atoms with Gasteiger partial charge in [0.25, 0.3) is 0 Å². The van der Waals surface area contributed by atoms with E-state index in [0.29, 0.717) is 25.2 Å². The Morgan fingerprint density at radius 1 is 1.62 bits per heavy atom. The van der Waals surface area contributed by atoms with Gasteiger partial charge in [-0.1, -0.05) is 5.16 Å². The molecule has 0 radical (unpaired) electrons. The van der Waals surface area contributed by atoms with Crippen molar-refractivity contribution in [2.24, 2.45) is 5.16 Å². The maximum atomic E-state index is 10.5. The molecule has 0 aliphatic heterocycles. The molecule has 0 aromatic carbocycles. The molecule has 1 aromatic heterocycles. The van der Waals surface area contributed by atoms with Crippen LogP contribution in [-0.4, -0.2) is 28.5 Å². The van der Waals surface area contributed by atoms with Crippen molar-refractivity contribution in [3.05, 3.63) is 30.1 Å². The van der Waals surface area contributed by atoms with E-state index in [4.69, 9.17) is 9.94 Å². The van der Waals surface area contributed by atoms with Gasteiger partial charge < -0.3 is 9.94 Å². The molecule has 0 amide bonds. The zero-order valence-corrected chi connectivity index (χ0v) is 9.09. The van der Waals surface area contributed by atoms with Crippen LogP contribution in [0.1, 0.15) is 25.3 Å². The van der Waals surface area contributed by atoms with Crippen LogP contribution in [0.5, 0.6) is 0 Å². The van der Waals surface area contributed by atoms with Gasteiger partial charge in [-0.2, -0.15) is 0 Å². The van der Waals surface area contributed by atoms with Gasteiger partial charge >= 0.3 is 5.97 Å². The molecule has 0 aliphatic rings. The Morgan fingerprint density at radius 3 is 3.00 bits per heavy atom. The van der Waals surface area contributed by atoms with Crippen molar-refractivity contribution in [2.45, 2.75) is 19.8 Å². The van der Waals surface area contributed by atoms with Crippen LogP contribution >= 0.6 is 0 Å². The van der Waals surface area contributed by atoms with Crippen LogP contribution < -0.4 is 0 Å². The van der Waals surface area contributed by atoms with Crippen LogP contribution in [0, 0.1) is 0 Å². The summed E-state index contributed by atoms with van der Waals surface area (Å²) in [5.41, 5.74) is 1.31. The lowest BCUT2D eigenvalue weighted by Gasteiger charge is -2.04. The number of aromatic nitrogens is 1. The molecule has 16 heavy (non-hydrogen) atoms. The number of nitrogens with zero attached hydrogens (tertiary/aromatic N) is 2. The van der Waals surface area contributed by atoms with Crippen molar-refractivity contribution in [3.63, 3.8) is 0 Å². The molecule has 5 heteroatoms. The average Bonchev–Trinajstić information content (AvgIpc) is 2.30. The Balaban J connectivity index is 2.43. The number of oxime groups is 1. The number of ether oxygens (including phenoxy) is 1. The van der Waals surface area contributed by atoms with E-state index in [1.807, 2.05) is 6.07 Å². The minimum Gasteiger partial charge on any atom is -0.466 e. The van der Waals surface area contributed by atoms with Crippen molar-refractivity contribution < 1.29 is 14.7 Å². The molecule has 0 unspecified atom stereocenters. The smallest absolute Gasteiger partial charge is 0.302 e. The number of hydrogen-bond acceptors (Lipinski definition) is 5. The first-order chi connectivity index (χ1) is 7.74. The minimum atomic E-state index is -0.302. The van der Waals surface area contributed by atoms with Gasteiger partial charge in [-0.25, -0.2) is 0 Å². The highest BCUT2D eigenvalue weighted by atomic mass is 16.5. The third-order valence-electron chi connectivity index (χ3n) is 1.98. The molecule has 1 aromatic rings. The van der Waals surface area contributed by atoms with Crippen molar-refractivity contribution >= 4 is 11.7 Å². The molecule has 0 fully saturated rings. The van der Waals surface area contributed by atoms with E-state index in [-0.39, 0.29) is 5.97 Å². The average molecular weight is 222 g/mol. The summed E-state index contributed by atoms with van der Waals surface area (Å²) in [5, 5.41) is 12.1. The normalized spacial score (nSPS) is 11.2. The predicted molar refractivity (Wildman–Crippen MR) is 58.4 cm³/mol. The summed E-state index contributed by atoms with van der Waals surface area (Å²) in [6.45, 7) is 1.69. The number of carbonyl (C=O) groups excluding carboxylic acids is 1. The van der Waals surface area contributed by atoms with Gasteiger partial charge in [0.2, 0.25) is 0 Å². The summed E-state index contributed by atoms with van der Waals surface area (Å²) in [6.07, 6.45) is 4.43. The van der Waals surface area contributed by atoms with Crippen LogP contribution in [0.15, 0.2) is 29.7 Å². The van der Waals surface area contributed by atoms with E-state index < -0.39 is 0 Å². The number of rotatable bonds is 5. The van der Waals surface area contributed by atoms with Crippen molar-refractivity contribution in [1.29, 1.82) is 0 Å². The Hall–Kier alpha value is -1.91. The quantitative estimate of drug-likeness (QED) is 0.270. The summed E-state index contributed by atoms with van der Waals surface area (Å²) in [5.74, 6) is -0.302. The Morgan fingerprint density at radius 2 is 2.44 bits per heavy atom. The predicted octanol–water partition coefficient (Wildman–Crippen LogP) is 1.60. The van der Waals surface area contributed by atoms with Gasteiger partial charge in [0.05, 0.1) is 12.3 Å². The van der Waals surface area contributed by atoms with Crippen molar-refractivity contribution in [1.82, 2.24) is 4.98 Å². The highest BCUT2D eigenvalue weighted by molar-refractivity contribution is 5.99. The van der Waals surface area contributed by atoms with Gasteiger partial charge in [0, 0.05) is 24.9 Å². The summed E-state index contributed by atoms with van der Waals surface area (Å²) in [4.78, 5) is 14.4. The fourth-order valence-electron chi connectivity index (χ4n) is 1.24. The second-order valence-electron chi connectivity index (χ2n) is 3.23. The fraction of sp³-hybridized carbons (Fsp3) is 0.364. The van der Waals surface area contributed by atoms with Crippen LogP contribution in [0.2, 0.25) is 0 Å². The van der Waals surface area contributed by atoms with Gasteiger partial charge in [-0.05, 0) is 25.0 Å². The third-order valence-corrected chi connectivity index (χ3v) is 1.98. The van der Waals surface area contributed by atoms with Crippen LogP contribution in [0.25, 0.3) is 0 Å². The molecule has 0 saturated carbocycles. The van der Waals surface area contributed by atoms with E-state index in [9.17, 15) is 4.79 Å². The van der Waals surface area contributed by atoms with Gasteiger partial charge in [0.15, 0.2) is 0 Å². The molecule has 1 heterocycles. The van der Waals surface area contributed by atoms with E-state index in [1.165, 1.54) is 6.92 Å². The molecule has 1 rings (SSSR count). The molecule has 1 N–H and O–H groups in total. The zero-order chi connectivity index (χ0) is 11.8. The Bertz CT molecular complexity index is 363. The monoisotopic (exact) mass is 222 g/mol.